The van der Waals surface area contributed by atoms with E-state index in [1.807, 2.05) is 0 Å². The Labute approximate surface area is 685 Å². The SMILES string of the molecule is CCCNC(=O)NCC1OC2OC3C(CNC(=O)NCCC)OC(OC4C(CNC(=O)NCCC)OC(OC5C(CNC(=O)NCCC)OC(OC6C(CNC(=O)NCCC)OC(OC7C(CNC(=O)NCCC)OC(OC8C(CNC(=O)NCCC)OC(OC1C(O)C2O)C(O)C8O)C(O)C7O)C(O)C6O)C(O)C5O)C(O)C4O)C(O)C3O. The van der Waals surface area contributed by atoms with Gasteiger partial charge in [0.15, 0.2) is 44.0 Å². The average Bonchev–Trinajstić information content (AvgIpc) is 0.821. The van der Waals surface area contributed by atoms with Gasteiger partial charge >= 0.3 is 42.2 Å². The monoisotopic (exact) mass is 1720 g/mol. The van der Waals surface area contributed by atoms with Gasteiger partial charge in [-0.15, -0.1) is 0 Å². The number of urea groups is 7. The van der Waals surface area contributed by atoms with Crippen LogP contribution in [0, 0.1) is 0 Å². The van der Waals surface area contributed by atoms with Crippen molar-refractivity contribution in [3.05, 3.63) is 0 Å². The van der Waals surface area contributed by atoms with Crippen molar-refractivity contribution in [3.63, 3.8) is 0 Å². The van der Waals surface area contributed by atoms with E-state index in [9.17, 15) is 105 Å². The first kappa shape index (κ1) is 98.2. The summed E-state index contributed by atoms with van der Waals surface area (Å²) in [6.45, 7) is 8.65. The third-order valence-corrected chi connectivity index (χ3v) is 20.5. The Bertz CT molecular complexity index is 2570. The van der Waals surface area contributed by atoms with Crippen LogP contribution in [0.2, 0.25) is 0 Å². The molecule has 35 atom stereocenters. The second-order valence-electron chi connectivity index (χ2n) is 29.8. The normalized spacial score (nSPS) is 39.4. The number of aliphatic hydroxyl groups excluding tert-OH is 14. The van der Waals surface area contributed by atoms with E-state index in [4.69, 9.17) is 66.3 Å². The predicted molar refractivity (Wildman–Crippen MR) is 401 cm³/mol. The van der Waals surface area contributed by atoms with E-state index < -0.39 is 303 Å². The van der Waals surface area contributed by atoms with Gasteiger partial charge in [-0.05, 0) is 44.9 Å². The predicted octanol–water partition coefficient (Wildman–Crippen LogP) is -10.2. The summed E-state index contributed by atoms with van der Waals surface area (Å²) in [7, 11) is 0. The maximum atomic E-state index is 13.3. The van der Waals surface area contributed by atoms with Crippen LogP contribution in [0.25, 0.3) is 0 Å². The van der Waals surface area contributed by atoms with Crippen molar-refractivity contribution in [2.45, 2.75) is 308 Å². The van der Waals surface area contributed by atoms with Crippen molar-refractivity contribution in [2.24, 2.45) is 0 Å². The molecule has 21 heterocycles. The highest BCUT2D eigenvalue weighted by atomic mass is 16.8. The molecule has 21 rings (SSSR count). The Balaban J connectivity index is 1.24. The zero-order valence-corrected chi connectivity index (χ0v) is 67.4. The van der Waals surface area contributed by atoms with Crippen molar-refractivity contribution in [2.75, 3.05) is 91.6 Å². The zero-order valence-electron chi connectivity index (χ0n) is 67.4. The molecule has 21 aliphatic heterocycles. The Kier molecular flexibility index (Phi) is 39.7. The van der Waals surface area contributed by atoms with Gasteiger partial charge in [-0.25, -0.2) is 33.6 Å². The molecule has 21 saturated heterocycles. The molecule has 0 aromatic carbocycles. The maximum Gasteiger partial charge on any atom is 0.314 e. The molecule has 0 aliphatic carbocycles. The van der Waals surface area contributed by atoms with Crippen molar-refractivity contribution < 1.29 is 171 Å². The molecular formula is C70H126N14O35. The highest BCUT2D eigenvalue weighted by molar-refractivity contribution is 5.76. The highest BCUT2D eigenvalue weighted by Crippen LogP contribution is 2.39. The summed E-state index contributed by atoms with van der Waals surface area (Å²) < 4.78 is 87.7. The number of hydrogen-bond donors (Lipinski definition) is 28. The summed E-state index contributed by atoms with van der Waals surface area (Å²) in [4.78, 5) is 93.1. The van der Waals surface area contributed by atoms with E-state index in [0.717, 1.165) is 0 Å². The molecule has 0 aromatic heterocycles. The van der Waals surface area contributed by atoms with Gasteiger partial charge in [0.2, 0.25) is 0 Å². The Morgan fingerprint density at radius 2 is 0.286 bits per heavy atom. The number of nitrogens with one attached hydrogen (secondary N) is 14. The Hall–Kier alpha value is -6.23. The van der Waals surface area contributed by atoms with Gasteiger partial charge in [-0.3, -0.25) is 0 Å². The van der Waals surface area contributed by atoms with Crippen LogP contribution >= 0.6 is 0 Å². The van der Waals surface area contributed by atoms with Gasteiger partial charge < -0.3 is 212 Å². The number of carbonyl (C=O) groups is 7. The molecule has 21 fully saturated rings. The number of ether oxygens (including phenoxy) is 14. The van der Waals surface area contributed by atoms with E-state index in [0.29, 0.717) is 44.9 Å². The summed E-state index contributed by atoms with van der Waals surface area (Å²) in [6.07, 6.45) is -70.3. The Morgan fingerprint density at radius 1 is 0.176 bits per heavy atom. The molecule has 119 heavy (non-hydrogen) atoms. The van der Waals surface area contributed by atoms with Crippen molar-refractivity contribution >= 4 is 42.2 Å². The minimum absolute atomic E-state index is 0.147. The molecule has 686 valence electrons. The van der Waals surface area contributed by atoms with Gasteiger partial charge in [-0.2, -0.15) is 0 Å². The van der Waals surface area contributed by atoms with E-state index in [-0.39, 0.29) is 45.8 Å². The molecular weight excluding hydrogens is 1600 g/mol. The minimum atomic E-state index is -2.33. The summed E-state index contributed by atoms with van der Waals surface area (Å²) in [5.41, 5.74) is 0. The number of rotatable bonds is 28. The van der Waals surface area contributed by atoms with Crippen LogP contribution in [-0.4, -0.2) is 420 Å². The Morgan fingerprint density at radius 3 is 0.387 bits per heavy atom. The molecule has 0 radical (unpaired) electrons. The third-order valence-electron chi connectivity index (χ3n) is 20.5. The van der Waals surface area contributed by atoms with Gasteiger partial charge in [0, 0.05) is 91.6 Å². The summed E-state index contributed by atoms with van der Waals surface area (Å²) >= 11 is 0. The lowest BCUT2D eigenvalue weighted by Gasteiger charge is -2.50. The first-order valence-electron chi connectivity index (χ1n) is 40.7. The maximum absolute atomic E-state index is 13.3. The topological polar surface area (TPSA) is 700 Å². The third kappa shape index (κ3) is 26.7. The standard InChI is InChI=1S/C70H126N14O35/c1-8-15-71-64(99)78-22-29-50-36(85)43(92)57(106-29)114-51-30(23-79-65(100)72-16-9-2)108-59(45(94)38(51)87)116-53-32(25-81-67(102)74-18-11-4)110-61(47(96)40(53)89)118-55-34(27-83-69(104)76-20-13-6)112-63(49(98)42(55)91)119-56-35(28-84-70(105)77-21-14-7)111-62(48(97)41(56)90)117-54-33(26-82-68(103)75-19-12-5)109-60(46(95)39(54)88)115-52-31(24-80-66(101)73-17-10-3)107-58(113-50)44(93)37(52)86/h29-63,85-98H,8-28H2,1-7H3,(H2,71,78,99)(H2,72,79,100)(H2,73,80,101)(H2,74,81,102)(H2,75,82,103)(H2,76,83,104)(H2,77,84,105). The van der Waals surface area contributed by atoms with Crippen LogP contribution in [-0.2, 0) is 66.3 Å². The van der Waals surface area contributed by atoms with Gasteiger partial charge in [0.25, 0.3) is 0 Å². The summed E-state index contributed by atoms with van der Waals surface area (Å²) in [5.74, 6) is 0. The lowest BCUT2D eigenvalue weighted by molar-refractivity contribution is -0.391. The smallest absolute Gasteiger partial charge is 0.314 e. The van der Waals surface area contributed by atoms with Crippen LogP contribution in [0.4, 0.5) is 33.6 Å². The van der Waals surface area contributed by atoms with E-state index in [1.165, 1.54) is 0 Å². The number of hydrogen-bond acceptors (Lipinski definition) is 35. The van der Waals surface area contributed by atoms with Crippen LogP contribution in [0.15, 0.2) is 0 Å². The van der Waals surface area contributed by atoms with Gasteiger partial charge in [0.1, 0.15) is 171 Å². The van der Waals surface area contributed by atoms with Crippen LogP contribution in [0.3, 0.4) is 0 Å². The molecule has 49 heteroatoms. The van der Waals surface area contributed by atoms with Crippen molar-refractivity contribution in [1.82, 2.24) is 74.4 Å². The van der Waals surface area contributed by atoms with Crippen molar-refractivity contribution in [3.8, 4) is 0 Å². The lowest BCUT2D eigenvalue weighted by Crippen LogP contribution is -2.69. The quantitative estimate of drug-likeness (QED) is 0.0346. The molecule has 35 unspecified atom stereocenters. The number of carbonyl (C=O) groups excluding carboxylic acids is 7. The summed E-state index contributed by atoms with van der Waals surface area (Å²) in [6, 6.07) is -5.66. The fraction of sp³-hybridized carbons (Fsp3) is 0.900. The lowest BCUT2D eigenvalue weighted by atomic mass is 9.94. The molecule has 28 N–H and O–H groups in total. The summed E-state index contributed by atoms with van der Waals surface area (Å²) in [5, 5.41) is 207. The fourth-order valence-corrected chi connectivity index (χ4v) is 14.0. The fourth-order valence-electron chi connectivity index (χ4n) is 14.0. The van der Waals surface area contributed by atoms with Gasteiger partial charge in [-0.1, -0.05) is 48.5 Å². The number of amides is 14. The molecule has 0 aromatic rings. The molecule has 0 spiro atoms. The molecule has 14 bridgehead atoms. The second kappa shape index (κ2) is 48.1. The first-order valence-corrected chi connectivity index (χ1v) is 40.7. The number of aliphatic hydroxyl groups is 14. The van der Waals surface area contributed by atoms with Crippen LogP contribution in [0.5, 0.6) is 0 Å². The minimum Gasteiger partial charge on any atom is -0.387 e. The van der Waals surface area contributed by atoms with E-state index >= 15 is 0 Å². The average molecular weight is 1720 g/mol. The molecule has 14 amide bonds. The van der Waals surface area contributed by atoms with Gasteiger partial charge in [0.05, 0.1) is 0 Å². The molecule has 21 aliphatic rings. The highest BCUT2D eigenvalue weighted by Gasteiger charge is 2.60. The van der Waals surface area contributed by atoms with Crippen LogP contribution in [0.1, 0.15) is 93.4 Å². The molecule has 49 nitrogen and oxygen atoms in total. The van der Waals surface area contributed by atoms with E-state index in [2.05, 4.69) is 74.4 Å². The van der Waals surface area contributed by atoms with E-state index in [1.54, 1.807) is 48.5 Å². The zero-order chi connectivity index (χ0) is 86.9. The largest absolute Gasteiger partial charge is 0.387 e. The second-order valence-corrected chi connectivity index (χ2v) is 29.8. The van der Waals surface area contributed by atoms with Crippen LogP contribution < -0.4 is 74.4 Å². The first-order chi connectivity index (χ1) is 56.9. The van der Waals surface area contributed by atoms with Crippen molar-refractivity contribution in [1.29, 1.82) is 0 Å². The molecule has 0 saturated carbocycles.